The van der Waals surface area contributed by atoms with Crippen LogP contribution < -0.4 is 11.1 Å². The molecule has 0 aromatic rings. The summed E-state index contributed by atoms with van der Waals surface area (Å²) in [6.45, 7) is 4.55. The zero-order valence-corrected chi connectivity index (χ0v) is 8.70. The van der Waals surface area contributed by atoms with Gasteiger partial charge in [0, 0.05) is 17.0 Å². The summed E-state index contributed by atoms with van der Waals surface area (Å²) in [7, 11) is 0. The van der Waals surface area contributed by atoms with Gasteiger partial charge in [0.2, 0.25) is 0 Å². The van der Waals surface area contributed by atoms with Gasteiger partial charge in [0.05, 0.1) is 0 Å². The molecule has 12 heavy (non-hydrogen) atoms. The molecule has 1 aliphatic rings. The molecule has 1 unspecified atom stereocenters. The number of hydrogen-bond donors (Lipinski definition) is 2. The molecule has 0 saturated carbocycles. The molecule has 1 atom stereocenters. The average Bonchev–Trinajstić information content (AvgIpc) is 2.16. The van der Waals surface area contributed by atoms with E-state index in [9.17, 15) is 0 Å². The predicted molar refractivity (Wildman–Crippen MR) is 56.6 cm³/mol. The summed E-state index contributed by atoms with van der Waals surface area (Å²) >= 11 is 2.07. The van der Waals surface area contributed by atoms with E-state index in [1.807, 2.05) is 0 Å². The monoisotopic (exact) mass is 188 g/mol. The van der Waals surface area contributed by atoms with Crippen molar-refractivity contribution in [3.63, 3.8) is 0 Å². The number of rotatable bonds is 4. The van der Waals surface area contributed by atoms with Gasteiger partial charge >= 0.3 is 0 Å². The summed E-state index contributed by atoms with van der Waals surface area (Å²) < 4.78 is 0. The molecule has 1 saturated heterocycles. The van der Waals surface area contributed by atoms with E-state index in [1.54, 1.807) is 0 Å². The second-order valence-corrected chi connectivity index (χ2v) is 4.78. The lowest BCUT2D eigenvalue weighted by Crippen LogP contribution is -2.31. The minimum absolute atomic E-state index is 0.407. The van der Waals surface area contributed by atoms with Crippen LogP contribution in [0.3, 0.4) is 0 Å². The Morgan fingerprint density at radius 2 is 2.17 bits per heavy atom. The third-order valence-electron chi connectivity index (χ3n) is 2.36. The molecule has 72 valence electrons. The van der Waals surface area contributed by atoms with Crippen molar-refractivity contribution in [2.24, 2.45) is 5.73 Å². The summed E-state index contributed by atoms with van der Waals surface area (Å²) in [6.07, 6.45) is 3.75. The molecule has 0 aromatic heterocycles. The van der Waals surface area contributed by atoms with E-state index in [1.165, 1.54) is 25.9 Å². The van der Waals surface area contributed by atoms with Crippen molar-refractivity contribution in [2.75, 3.05) is 18.8 Å². The predicted octanol–water partition coefficient (Wildman–Crippen LogP) is 1.21. The second kappa shape index (κ2) is 5.84. The number of thioether (sulfide) groups is 1. The Morgan fingerprint density at radius 1 is 1.50 bits per heavy atom. The SMILES string of the molecule is CCC(N)CSC1CCNCC1. The summed E-state index contributed by atoms with van der Waals surface area (Å²) in [5, 5.41) is 4.24. The van der Waals surface area contributed by atoms with Crippen molar-refractivity contribution in [1.82, 2.24) is 5.32 Å². The van der Waals surface area contributed by atoms with E-state index >= 15 is 0 Å². The number of nitrogens with one attached hydrogen (secondary N) is 1. The molecule has 0 aliphatic carbocycles. The van der Waals surface area contributed by atoms with E-state index < -0.39 is 0 Å². The molecule has 3 N–H and O–H groups in total. The smallest absolute Gasteiger partial charge is 0.0127 e. The van der Waals surface area contributed by atoms with E-state index in [0.29, 0.717) is 6.04 Å². The van der Waals surface area contributed by atoms with Gasteiger partial charge in [-0.25, -0.2) is 0 Å². The molecule has 3 heteroatoms. The standard InChI is InChI=1S/C9H20N2S/c1-2-8(10)7-12-9-3-5-11-6-4-9/h8-9,11H,2-7,10H2,1H3. The van der Waals surface area contributed by atoms with Crippen LogP contribution in [0.25, 0.3) is 0 Å². The molecule has 0 aromatic carbocycles. The van der Waals surface area contributed by atoms with Gasteiger partial charge in [-0.15, -0.1) is 0 Å². The Labute approximate surface area is 79.7 Å². The topological polar surface area (TPSA) is 38.0 Å². The van der Waals surface area contributed by atoms with Crippen LogP contribution in [-0.4, -0.2) is 30.1 Å². The quantitative estimate of drug-likeness (QED) is 0.696. The van der Waals surface area contributed by atoms with Crippen LogP contribution in [0.2, 0.25) is 0 Å². The fourth-order valence-electron chi connectivity index (χ4n) is 1.34. The van der Waals surface area contributed by atoms with Crippen LogP contribution in [-0.2, 0) is 0 Å². The first kappa shape index (κ1) is 10.4. The number of nitrogens with two attached hydrogens (primary N) is 1. The van der Waals surface area contributed by atoms with Crippen molar-refractivity contribution >= 4 is 11.8 Å². The summed E-state index contributed by atoms with van der Waals surface area (Å²) in [5.41, 5.74) is 5.85. The van der Waals surface area contributed by atoms with Crippen molar-refractivity contribution < 1.29 is 0 Å². The minimum Gasteiger partial charge on any atom is -0.327 e. The summed E-state index contributed by atoms with van der Waals surface area (Å²) in [6, 6.07) is 0.407. The third kappa shape index (κ3) is 3.78. The fraction of sp³-hybridized carbons (Fsp3) is 1.00. The first-order valence-corrected chi connectivity index (χ1v) is 5.95. The lowest BCUT2D eigenvalue weighted by molar-refractivity contribution is 0.530. The summed E-state index contributed by atoms with van der Waals surface area (Å²) in [4.78, 5) is 0. The highest BCUT2D eigenvalue weighted by Crippen LogP contribution is 2.20. The first-order valence-electron chi connectivity index (χ1n) is 4.90. The van der Waals surface area contributed by atoms with Crippen LogP contribution in [0.4, 0.5) is 0 Å². The molecule has 1 aliphatic heterocycles. The molecule has 1 rings (SSSR count). The molecule has 0 radical (unpaired) electrons. The molecule has 0 amide bonds. The van der Waals surface area contributed by atoms with Gasteiger partial charge in [-0.05, 0) is 32.4 Å². The highest BCUT2D eigenvalue weighted by molar-refractivity contribution is 7.99. The first-order chi connectivity index (χ1) is 5.83. The molecule has 1 heterocycles. The zero-order valence-electron chi connectivity index (χ0n) is 7.88. The Hall–Kier alpha value is 0.270. The largest absolute Gasteiger partial charge is 0.327 e. The maximum atomic E-state index is 5.85. The maximum Gasteiger partial charge on any atom is 0.0127 e. The highest BCUT2D eigenvalue weighted by atomic mass is 32.2. The molecule has 1 fully saturated rings. The fourth-order valence-corrected chi connectivity index (χ4v) is 2.66. The normalized spacial score (nSPS) is 22.5. The lowest BCUT2D eigenvalue weighted by Gasteiger charge is -2.23. The van der Waals surface area contributed by atoms with Crippen LogP contribution in [0.1, 0.15) is 26.2 Å². The Kier molecular flexibility index (Phi) is 5.04. The van der Waals surface area contributed by atoms with Gasteiger partial charge in [-0.1, -0.05) is 6.92 Å². The zero-order chi connectivity index (χ0) is 8.81. The summed E-state index contributed by atoms with van der Waals surface area (Å²) in [5.74, 6) is 1.14. The van der Waals surface area contributed by atoms with Crippen LogP contribution in [0.5, 0.6) is 0 Å². The van der Waals surface area contributed by atoms with Gasteiger partial charge in [0.25, 0.3) is 0 Å². The minimum atomic E-state index is 0.407. The molecule has 2 nitrogen and oxygen atoms in total. The second-order valence-electron chi connectivity index (χ2n) is 3.45. The van der Waals surface area contributed by atoms with E-state index in [4.69, 9.17) is 5.73 Å². The molecular weight excluding hydrogens is 168 g/mol. The van der Waals surface area contributed by atoms with Gasteiger partial charge in [-0.3, -0.25) is 0 Å². The van der Waals surface area contributed by atoms with Gasteiger partial charge < -0.3 is 11.1 Å². The maximum absolute atomic E-state index is 5.85. The average molecular weight is 188 g/mol. The van der Waals surface area contributed by atoms with E-state index in [2.05, 4.69) is 24.0 Å². The molecule has 0 bridgehead atoms. The van der Waals surface area contributed by atoms with Crippen LogP contribution in [0.15, 0.2) is 0 Å². The van der Waals surface area contributed by atoms with Gasteiger partial charge in [0.15, 0.2) is 0 Å². The van der Waals surface area contributed by atoms with Crippen LogP contribution >= 0.6 is 11.8 Å². The van der Waals surface area contributed by atoms with Crippen molar-refractivity contribution in [2.45, 2.75) is 37.5 Å². The third-order valence-corrected chi connectivity index (χ3v) is 3.92. The van der Waals surface area contributed by atoms with Gasteiger partial charge in [-0.2, -0.15) is 11.8 Å². The Morgan fingerprint density at radius 3 is 2.75 bits per heavy atom. The van der Waals surface area contributed by atoms with E-state index in [-0.39, 0.29) is 0 Å². The highest BCUT2D eigenvalue weighted by Gasteiger charge is 2.13. The molecule has 0 spiro atoms. The van der Waals surface area contributed by atoms with Crippen LogP contribution in [0, 0.1) is 0 Å². The van der Waals surface area contributed by atoms with Crippen molar-refractivity contribution in [3.8, 4) is 0 Å². The molecular formula is C9H20N2S. The Bertz CT molecular complexity index is 113. The number of piperidine rings is 1. The van der Waals surface area contributed by atoms with Crippen molar-refractivity contribution in [1.29, 1.82) is 0 Å². The lowest BCUT2D eigenvalue weighted by atomic mass is 10.2. The van der Waals surface area contributed by atoms with Gasteiger partial charge in [0.1, 0.15) is 0 Å². The number of hydrogen-bond acceptors (Lipinski definition) is 3. The van der Waals surface area contributed by atoms with Crippen molar-refractivity contribution in [3.05, 3.63) is 0 Å². The Balaban J connectivity index is 2.05. The van der Waals surface area contributed by atoms with E-state index in [0.717, 1.165) is 17.4 Å².